The Labute approximate surface area is 130 Å². The van der Waals surface area contributed by atoms with Crippen LogP contribution in [-0.4, -0.2) is 33.5 Å². The predicted molar refractivity (Wildman–Crippen MR) is 85.2 cm³/mol. The Hall–Kier alpha value is -2.17. The molecule has 1 aromatic heterocycles. The van der Waals surface area contributed by atoms with Crippen LogP contribution in [0.4, 0.5) is 5.88 Å². The lowest BCUT2D eigenvalue weighted by Crippen LogP contribution is -2.14. The van der Waals surface area contributed by atoms with Gasteiger partial charge in [0.25, 0.3) is 0 Å². The zero-order valence-electron chi connectivity index (χ0n) is 13.5. The van der Waals surface area contributed by atoms with Crippen molar-refractivity contribution in [2.24, 2.45) is 0 Å². The minimum atomic E-state index is 0.251. The van der Waals surface area contributed by atoms with Gasteiger partial charge < -0.3 is 18.9 Å². The fourth-order valence-corrected chi connectivity index (χ4v) is 3.19. The molecule has 0 spiro atoms. The van der Waals surface area contributed by atoms with Crippen LogP contribution in [-0.2, 0) is 6.42 Å². The van der Waals surface area contributed by atoms with Gasteiger partial charge in [-0.15, -0.1) is 0 Å². The van der Waals surface area contributed by atoms with E-state index in [0.29, 0.717) is 0 Å². The van der Waals surface area contributed by atoms with Crippen molar-refractivity contribution < 1.29 is 14.0 Å². The topological polar surface area (TPSA) is 47.7 Å². The molecule has 1 aliphatic carbocycles. The maximum absolute atomic E-state index is 5.55. The van der Waals surface area contributed by atoms with Crippen molar-refractivity contribution in [2.45, 2.75) is 25.2 Å². The smallest absolute Gasteiger partial charge is 0.230 e. The Morgan fingerprint density at radius 3 is 2.64 bits per heavy atom. The van der Waals surface area contributed by atoms with E-state index in [4.69, 9.17) is 14.0 Å². The minimum absolute atomic E-state index is 0.251. The van der Waals surface area contributed by atoms with Crippen molar-refractivity contribution in [3.8, 4) is 11.5 Å². The first-order valence-corrected chi connectivity index (χ1v) is 7.53. The number of ether oxygens (including phenoxy) is 2. The summed E-state index contributed by atoms with van der Waals surface area (Å²) in [5.74, 6) is 2.63. The molecule has 5 heteroatoms. The number of methoxy groups -OCH3 is 2. The van der Waals surface area contributed by atoms with E-state index in [1.807, 2.05) is 31.1 Å². The molecular weight excluding hydrogens is 280 g/mol. The van der Waals surface area contributed by atoms with E-state index in [9.17, 15) is 0 Å². The van der Waals surface area contributed by atoms with Gasteiger partial charge >= 0.3 is 0 Å². The Bertz CT molecular complexity index is 664. The molecule has 0 radical (unpaired) electrons. The van der Waals surface area contributed by atoms with Crippen molar-refractivity contribution >= 4 is 5.88 Å². The van der Waals surface area contributed by atoms with E-state index >= 15 is 0 Å². The second-order valence-corrected chi connectivity index (χ2v) is 5.81. The van der Waals surface area contributed by atoms with Gasteiger partial charge in [0.1, 0.15) is 0 Å². The fraction of sp³-hybridized carbons (Fsp3) is 0.471. The van der Waals surface area contributed by atoms with E-state index in [-0.39, 0.29) is 5.92 Å². The average Bonchev–Trinajstić information content (AvgIpc) is 2.98. The summed E-state index contributed by atoms with van der Waals surface area (Å²) in [5, 5.41) is 4.35. The molecule has 0 fully saturated rings. The van der Waals surface area contributed by atoms with Crippen molar-refractivity contribution in [1.82, 2.24) is 5.16 Å². The van der Waals surface area contributed by atoms with Crippen LogP contribution in [0.3, 0.4) is 0 Å². The molecule has 0 N–H and O–H groups in total. The number of hydrogen-bond acceptors (Lipinski definition) is 5. The van der Waals surface area contributed by atoms with Gasteiger partial charge in [-0.2, -0.15) is 0 Å². The largest absolute Gasteiger partial charge is 0.493 e. The van der Waals surface area contributed by atoms with E-state index in [1.165, 1.54) is 11.1 Å². The molecule has 2 aromatic rings. The maximum atomic E-state index is 5.55. The summed E-state index contributed by atoms with van der Waals surface area (Å²) in [4.78, 5) is 1.99. The van der Waals surface area contributed by atoms with Crippen LogP contribution in [0, 0.1) is 0 Å². The Morgan fingerprint density at radius 2 is 1.95 bits per heavy atom. The van der Waals surface area contributed by atoms with Crippen LogP contribution >= 0.6 is 0 Å². The van der Waals surface area contributed by atoms with Gasteiger partial charge in [0, 0.05) is 25.6 Å². The molecule has 1 atom stereocenters. The van der Waals surface area contributed by atoms with E-state index in [2.05, 4.69) is 11.2 Å². The molecule has 0 aliphatic heterocycles. The summed E-state index contributed by atoms with van der Waals surface area (Å²) in [7, 11) is 7.28. The van der Waals surface area contributed by atoms with Crippen LogP contribution in [0.1, 0.15) is 35.6 Å². The molecule has 0 bridgehead atoms. The lowest BCUT2D eigenvalue weighted by molar-refractivity contribution is 0.354. The highest BCUT2D eigenvalue weighted by molar-refractivity contribution is 5.51. The molecule has 0 saturated heterocycles. The molecular formula is C17H22N2O3. The van der Waals surface area contributed by atoms with Gasteiger partial charge in [-0.3, -0.25) is 0 Å². The molecule has 0 saturated carbocycles. The zero-order chi connectivity index (χ0) is 15.7. The summed E-state index contributed by atoms with van der Waals surface area (Å²) in [5.41, 5.74) is 3.48. The molecule has 22 heavy (non-hydrogen) atoms. The third-order valence-electron chi connectivity index (χ3n) is 4.26. The van der Waals surface area contributed by atoms with Gasteiger partial charge in [-0.1, -0.05) is 11.2 Å². The first-order chi connectivity index (χ1) is 10.7. The first-order valence-electron chi connectivity index (χ1n) is 7.53. The Balaban J connectivity index is 2.01. The van der Waals surface area contributed by atoms with Crippen LogP contribution in [0.25, 0.3) is 0 Å². The normalized spacial score (nSPS) is 17.0. The average molecular weight is 302 g/mol. The second kappa shape index (κ2) is 5.91. The van der Waals surface area contributed by atoms with Crippen LogP contribution in [0.2, 0.25) is 0 Å². The number of benzene rings is 1. The third-order valence-corrected chi connectivity index (χ3v) is 4.26. The highest BCUT2D eigenvalue weighted by Crippen LogP contribution is 2.41. The molecule has 3 rings (SSSR count). The summed E-state index contributed by atoms with van der Waals surface area (Å²) in [6, 6.07) is 6.09. The number of hydrogen-bond donors (Lipinski definition) is 0. The standard InChI is InChI=1S/C17H22N2O3/c1-19(2)17-13-7-5-6-12(16(13)18-22-17)11-8-9-14(20-3)15(10-11)21-4/h8-10,12H,5-7H2,1-4H3. The van der Waals surface area contributed by atoms with Gasteiger partial charge in [0.05, 0.1) is 19.9 Å². The Morgan fingerprint density at radius 1 is 1.18 bits per heavy atom. The van der Waals surface area contributed by atoms with Gasteiger partial charge in [-0.25, -0.2) is 0 Å². The molecule has 1 heterocycles. The molecule has 1 unspecified atom stereocenters. The summed E-state index contributed by atoms with van der Waals surface area (Å²) >= 11 is 0. The van der Waals surface area contributed by atoms with Gasteiger partial charge in [-0.05, 0) is 37.0 Å². The second-order valence-electron chi connectivity index (χ2n) is 5.81. The first kappa shape index (κ1) is 14.8. The number of rotatable bonds is 4. The van der Waals surface area contributed by atoms with Gasteiger partial charge in [0.2, 0.25) is 5.88 Å². The monoisotopic (exact) mass is 302 g/mol. The van der Waals surface area contributed by atoms with Crippen molar-refractivity contribution in [1.29, 1.82) is 0 Å². The van der Waals surface area contributed by atoms with E-state index in [1.54, 1.807) is 14.2 Å². The maximum Gasteiger partial charge on any atom is 0.230 e. The summed E-state index contributed by atoms with van der Waals surface area (Å²) in [6.45, 7) is 0. The quantitative estimate of drug-likeness (QED) is 0.868. The van der Waals surface area contributed by atoms with Crippen LogP contribution < -0.4 is 14.4 Å². The van der Waals surface area contributed by atoms with Crippen molar-refractivity contribution in [2.75, 3.05) is 33.2 Å². The molecule has 1 aliphatic rings. The fourth-order valence-electron chi connectivity index (χ4n) is 3.19. The van der Waals surface area contributed by atoms with Crippen molar-refractivity contribution in [3.63, 3.8) is 0 Å². The summed E-state index contributed by atoms with van der Waals surface area (Å²) in [6.07, 6.45) is 3.23. The Kier molecular flexibility index (Phi) is 3.96. The SMILES string of the molecule is COc1ccc(C2CCCc3c2noc3N(C)C)cc1OC. The molecule has 1 aromatic carbocycles. The highest BCUT2D eigenvalue weighted by Gasteiger charge is 2.29. The third kappa shape index (κ3) is 2.40. The summed E-state index contributed by atoms with van der Waals surface area (Å²) < 4.78 is 16.3. The molecule has 118 valence electrons. The minimum Gasteiger partial charge on any atom is -0.493 e. The van der Waals surface area contributed by atoms with Crippen LogP contribution in [0.15, 0.2) is 22.7 Å². The molecule has 0 amide bonds. The lowest BCUT2D eigenvalue weighted by Gasteiger charge is -2.22. The van der Waals surface area contributed by atoms with Gasteiger partial charge in [0.15, 0.2) is 11.5 Å². The number of fused-ring (bicyclic) bond motifs is 1. The molecule has 5 nitrogen and oxygen atoms in total. The van der Waals surface area contributed by atoms with E-state index < -0.39 is 0 Å². The zero-order valence-corrected chi connectivity index (χ0v) is 13.5. The van der Waals surface area contributed by atoms with Crippen molar-refractivity contribution in [3.05, 3.63) is 35.0 Å². The van der Waals surface area contributed by atoms with E-state index in [0.717, 1.165) is 42.3 Å². The number of aromatic nitrogens is 1. The predicted octanol–water partition coefficient (Wildman–Crippen LogP) is 3.23. The number of nitrogens with zero attached hydrogens (tertiary/aromatic N) is 2. The van der Waals surface area contributed by atoms with Crippen LogP contribution in [0.5, 0.6) is 11.5 Å². The lowest BCUT2D eigenvalue weighted by atomic mass is 9.82. The number of anilines is 1. The highest BCUT2D eigenvalue weighted by atomic mass is 16.5.